The fraction of sp³-hybridized carbons (Fsp3) is 0. The van der Waals surface area contributed by atoms with Gasteiger partial charge in [0.15, 0.2) is 0 Å². The van der Waals surface area contributed by atoms with Gasteiger partial charge < -0.3 is 5.84 Å². The summed E-state index contributed by atoms with van der Waals surface area (Å²) >= 11 is 0. The molecule has 0 radical (unpaired) electrons. The predicted octanol–water partition coefficient (Wildman–Crippen LogP) is 0.374. The molecule has 3 heteroatoms. The Morgan fingerprint density at radius 2 is 2.44 bits per heavy atom. The van der Waals surface area contributed by atoms with Crippen molar-refractivity contribution in [1.29, 1.82) is 0 Å². The first-order valence-electron chi connectivity index (χ1n) is 2.58. The molecule has 1 rings (SSSR count). The van der Waals surface area contributed by atoms with Gasteiger partial charge >= 0.3 is 0 Å². The average molecular weight is 121 g/mol. The molecule has 0 unspecified atom stereocenters. The van der Waals surface area contributed by atoms with Gasteiger partial charge in [-0.05, 0) is 12.1 Å². The zero-order chi connectivity index (χ0) is 6.53. The number of nitrogens with two attached hydrogens (primary N) is 1. The van der Waals surface area contributed by atoms with E-state index in [1.54, 1.807) is 6.20 Å². The second-order valence-electron chi connectivity index (χ2n) is 1.53. The van der Waals surface area contributed by atoms with E-state index in [1.165, 1.54) is 6.21 Å². The molecule has 0 fully saturated rings. The number of nitrogens with zero attached hydrogens (tertiary/aromatic N) is 2. The van der Waals surface area contributed by atoms with Crippen LogP contribution in [-0.2, 0) is 0 Å². The lowest BCUT2D eigenvalue weighted by Gasteiger charge is -1.85. The maximum absolute atomic E-state index is 4.89. The van der Waals surface area contributed by atoms with Gasteiger partial charge in [-0.15, -0.1) is 0 Å². The second-order valence-corrected chi connectivity index (χ2v) is 1.53. The third-order valence-corrected chi connectivity index (χ3v) is 0.895. The average Bonchev–Trinajstić information content (AvgIpc) is 1.91. The zero-order valence-electron chi connectivity index (χ0n) is 4.86. The highest BCUT2D eigenvalue weighted by atomic mass is 15.1. The summed E-state index contributed by atoms with van der Waals surface area (Å²) in [7, 11) is 0. The first-order valence-corrected chi connectivity index (χ1v) is 2.58. The van der Waals surface area contributed by atoms with Crippen molar-refractivity contribution < 1.29 is 0 Å². The van der Waals surface area contributed by atoms with Crippen molar-refractivity contribution in [2.45, 2.75) is 0 Å². The predicted molar refractivity (Wildman–Crippen MR) is 36.0 cm³/mol. The summed E-state index contributed by atoms with van der Waals surface area (Å²) in [6.07, 6.45) is 3.19. The van der Waals surface area contributed by atoms with Gasteiger partial charge in [0.1, 0.15) is 0 Å². The molecule has 1 heterocycles. The molecule has 0 bridgehead atoms. The number of hydrazone groups is 1. The number of rotatable bonds is 1. The first kappa shape index (κ1) is 5.75. The molecule has 46 valence electrons. The highest BCUT2D eigenvalue weighted by molar-refractivity contribution is 5.76. The van der Waals surface area contributed by atoms with Crippen LogP contribution in [0, 0.1) is 0 Å². The van der Waals surface area contributed by atoms with Crippen molar-refractivity contribution in [2.75, 3.05) is 0 Å². The Kier molecular flexibility index (Phi) is 1.80. The molecule has 0 amide bonds. The molecule has 0 saturated carbocycles. The minimum atomic E-state index is 0.778. The van der Waals surface area contributed by atoms with Crippen molar-refractivity contribution in [3.63, 3.8) is 0 Å². The van der Waals surface area contributed by atoms with Gasteiger partial charge in [-0.2, -0.15) is 5.10 Å². The van der Waals surface area contributed by atoms with Crippen molar-refractivity contribution in [3.8, 4) is 0 Å². The normalized spacial score (nSPS) is 10.2. The standard InChI is InChI=1S/C6H7N3/c7-9-5-6-3-1-2-4-8-6/h1-5H,7H2/b9-5-. The molecule has 2 N–H and O–H groups in total. The highest BCUT2D eigenvalue weighted by Crippen LogP contribution is 1.86. The van der Waals surface area contributed by atoms with Gasteiger partial charge in [-0.25, -0.2) is 0 Å². The summed E-state index contributed by atoms with van der Waals surface area (Å²) in [6.45, 7) is 0. The van der Waals surface area contributed by atoms with Crippen LogP contribution in [0.5, 0.6) is 0 Å². The van der Waals surface area contributed by atoms with Crippen LogP contribution in [0.15, 0.2) is 29.5 Å². The molecule has 0 atom stereocenters. The minimum absolute atomic E-state index is 0.778. The van der Waals surface area contributed by atoms with Crippen molar-refractivity contribution in [3.05, 3.63) is 30.1 Å². The molecule has 0 aliphatic rings. The summed E-state index contributed by atoms with van der Waals surface area (Å²) in [5, 5.41) is 3.32. The zero-order valence-corrected chi connectivity index (χ0v) is 4.86. The van der Waals surface area contributed by atoms with E-state index >= 15 is 0 Å². The van der Waals surface area contributed by atoms with Crippen molar-refractivity contribution in [2.24, 2.45) is 10.9 Å². The molecule has 9 heavy (non-hydrogen) atoms. The van der Waals surface area contributed by atoms with Crippen LogP contribution in [0.3, 0.4) is 0 Å². The molecule has 0 saturated heterocycles. The highest BCUT2D eigenvalue weighted by Gasteiger charge is 1.81. The number of pyridine rings is 1. The van der Waals surface area contributed by atoms with E-state index in [0.29, 0.717) is 0 Å². The topological polar surface area (TPSA) is 51.3 Å². The fourth-order valence-electron chi connectivity index (χ4n) is 0.529. The summed E-state index contributed by atoms with van der Waals surface area (Å²) in [5.74, 6) is 4.89. The van der Waals surface area contributed by atoms with Crippen LogP contribution in [0.2, 0.25) is 0 Å². The van der Waals surface area contributed by atoms with E-state index in [9.17, 15) is 0 Å². The van der Waals surface area contributed by atoms with Crippen molar-refractivity contribution in [1.82, 2.24) is 4.98 Å². The smallest absolute Gasteiger partial charge is 0.0830 e. The Hall–Kier alpha value is -1.38. The minimum Gasteiger partial charge on any atom is -0.323 e. The maximum atomic E-state index is 4.89. The third-order valence-electron chi connectivity index (χ3n) is 0.895. The summed E-state index contributed by atoms with van der Waals surface area (Å²) < 4.78 is 0. The van der Waals surface area contributed by atoms with Crippen LogP contribution in [0.25, 0.3) is 0 Å². The Balaban J connectivity index is 2.85. The van der Waals surface area contributed by atoms with Gasteiger partial charge in [0.25, 0.3) is 0 Å². The lowest BCUT2D eigenvalue weighted by Crippen LogP contribution is -1.88. The van der Waals surface area contributed by atoms with Gasteiger partial charge in [0, 0.05) is 6.20 Å². The molecule has 0 aliphatic heterocycles. The Morgan fingerprint density at radius 1 is 1.56 bits per heavy atom. The summed E-state index contributed by atoms with van der Waals surface area (Å²) in [6, 6.07) is 5.55. The van der Waals surface area contributed by atoms with Crippen LogP contribution in [0.4, 0.5) is 0 Å². The Morgan fingerprint density at radius 3 is 3.00 bits per heavy atom. The molecular weight excluding hydrogens is 114 g/mol. The van der Waals surface area contributed by atoms with Crippen molar-refractivity contribution >= 4 is 6.21 Å². The van der Waals surface area contributed by atoms with Crippen LogP contribution >= 0.6 is 0 Å². The molecular formula is C6H7N3. The monoisotopic (exact) mass is 121 g/mol. The fourth-order valence-corrected chi connectivity index (χ4v) is 0.529. The van der Waals surface area contributed by atoms with Crippen LogP contribution in [0.1, 0.15) is 5.69 Å². The second kappa shape index (κ2) is 2.81. The third kappa shape index (κ3) is 1.53. The van der Waals surface area contributed by atoms with Crippen LogP contribution in [-0.4, -0.2) is 11.2 Å². The summed E-state index contributed by atoms with van der Waals surface area (Å²) in [4.78, 5) is 3.94. The number of hydrogen-bond donors (Lipinski definition) is 1. The molecule has 0 aliphatic carbocycles. The molecule has 3 nitrogen and oxygen atoms in total. The lowest BCUT2D eigenvalue weighted by molar-refractivity contribution is 1.23. The van der Waals surface area contributed by atoms with E-state index in [2.05, 4.69) is 10.1 Å². The van der Waals surface area contributed by atoms with Gasteiger partial charge in [0.2, 0.25) is 0 Å². The van der Waals surface area contributed by atoms with E-state index in [-0.39, 0.29) is 0 Å². The largest absolute Gasteiger partial charge is 0.323 e. The molecule has 0 aromatic carbocycles. The summed E-state index contributed by atoms with van der Waals surface area (Å²) in [5.41, 5.74) is 0.778. The first-order chi connectivity index (χ1) is 4.43. The lowest BCUT2D eigenvalue weighted by atomic mass is 10.4. The molecule has 1 aromatic rings. The maximum Gasteiger partial charge on any atom is 0.0830 e. The van der Waals surface area contributed by atoms with E-state index in [0.717, 1.165) is 5.69 Å². The SMILES string of the molecule is N/N=C\c1ccccn1. The molecule has 0 spiro atoms. The van der Waals surface area contributed by atoms with E-state index in [1.807, 2.05) is 18.2 Å². The molecule has 1 aromatic heterocycles. The van der Waals surface area contributed by atoms with Gasteiger partial charge in [-0.1, -0.05) is 6.07 Å². The number of aromatic nitrogens is 1. The quantitative estimate of drug-likeness (QED) is 0.331. The van der Waals surface area contributed by atoms with E-state index < -0.39 is 0 Å². The van der Waals surface area contributed by atoms with Gasteiger partial charge in [0.05, 0.1) is 11.9 Å². The van der Waals surface area contributed by atoms with Crippen LogP contribution < -0.4 is 5.84 Å². The Bertz CT molecular complexity index is 193. The Labute approximate surface area is 53.2 Å². The van der Waals surface area contributed by atoms with Gasteiger partial charge in [-0.3, -0.25) is 4.98 Å². The van der Waals surface area contributed by atoms with E-state index in [4.69, 9.17) is 5.84 Å². The number of hydrogen-bond acceptors (Lipinski definition) is 3.